The highest BCUT2D eigenvalue weighted by Gasteiger charge is 2.01. The number of aliphatic imine (C=N–C) groups is 1. The van der Waals surface area contributed by atoms with Crippen LogP contribution in [0.2, 0.25) is 0 Å². The number of halogens is 1. The minimum Gasteiger partial charge on any atom is -0.357 e. The molecule has 0 aliphatic rings. The molecule has 20 heavy (non-hydrogen) atoms. The van der Waals surface area contributed by atoms with Crippen LogP contribution in [0.4, 0.5) is 0 Å². The van der Waals surface area contributed by atoms with E-state index in [1.54, 1.807) is 0 Å². The van der Waals surface area contributed by atoms with Gasteiger partial charge in [0.1, 0.15) is 0 Å². The maximum Gasteiger partial charge on any atom is 0.191 e. The van der Waals surface area contributed by atoms with Crippen molar-refractivity contribution in [3.63, 3.8) is 0 Å². The molecule has 0 saturated heterocycles. The average Bonchev–Trinajstić information content (AvgIpc) is 2.34. The summed E-state index contributed by atoms with van der Waals surface area (Å²) in [5.74, 6) is 1.51. The highest BCUT2D eigenvalue weighted by Crippen LogP contribution is 2.11. The fourth-order valence-electron chi connectivity index (χ4n) is 1.83. The number of nitrogens with one attached hydrogen (secondary N) is 2. The Balaban J connectivity index is 0.00000361. The SMILES string of the molecule is CCNC(=NCc1ccc(C)cc1C)NCC(C)C.I. The first-order valence-corrected chi connectivity index (χ1v) is 7.11. The highest BCUT2D eigenvalue weighted by atomic mass is 127. The third-order valence-corrected chi connectivity index (χ3v) is 2.93. The van der Waals surface area contributed by atoms with Gasteiger partial charge >= 0.3 is 0 Å². The molecule has 0 aliphatic heterocycles. The minimum absolute atomic E-state index is 0. The van der Waals surface area contributed by atoms with Crippen molar-refractivity contribution in [2.45, 2.75) is 41.2 Å². The van der Waals surface area contributed by atoms with Gasteiger partial charge in [0.25, 0.3) is 0 Å². The van der Waals surface area contributed by atoms with E-state index >= 15 is 0 Å². The molecule has 0 unspecified atom stereocenters. The van der Waals surface area contributed by atoms with Gasteiger partial charge in [-0.1, -0.05) is 37.6 Å². The van der Waals surface area contributed by atoms with Crippen LogP contribution in [0.25, 0.3) is 0 Å². The molecule has 0 atom stereocenters. The second-order valence-corrected chi connectivity index (χ2v) is 5.40. The van der Waals surface area contributed by atoms with E-state index in [9.17, 15) is 0 Å². The number of guanidine groups is 1. The van der Waals surface area contributed by atoms with Gasteiger partial charge in [-0.3, -0.25) is 0 Å². The van der Waals surface area contributed by atoms with Gasteiger partial charge in [0.05, 0.1) is 6.54 Å². The van der Waals surface area contributed by atoms with Gasteiger partial charge in [-0.2, -0.15) is 0 Å². The molecule has 1 rings (SSSR count). The first-order valence-electron chi connectivity index (χ1n) is 7.11. The monoisotopic (exact) mass is 389 g/mol. The van der Waals surface area contributed by atoms with E-state index < -0.39 is 0 Å². The molecular formula is C16H28IN3. The van der Waals surface area contributed by atoms with Gasteiger partial charge in [-0.15, -0.1) is 24.0 Å². The van der Waals surface area contributed by atoms with Crippen LogP contribution >= 0.6 is 24.0 Å². The van der Waals surface area contributed by atoms with E-state index in [1.807, 2.05) is 0 Å². The lowest BCUT2D eigenvalue weighted by molar-refractivity contribution is 0.615. The van der Waals surface area contributed by atoms with Crippen molar-refractivity contribution in [2.75, 3.05) is 13.1 Å². The molecule has 2 N–H and O–H groups in total. The van der Waals surface area contributed by atoms with Crippen molar-refractivity contribution in [1.29, 1.82) is 0 Å². The Morgan fingerprint density at radius 1 is 1.20 bits per heavy atom. The van der Waals surface area contributed by atoms with Crippen LogP contribution in [0.1, 0.15) is 37.5 Å². The number of hydrogen-bond acceptors (Lipinski definition) is 1. The third-order valence-electron chi connectivity index (χ3n) is 2.93. The molecule has 0 heterocycles. The molecule has 4 heteroatoms. The van der Waals surface area contributed by atoms with Crippen LogP contribution in [0.5, 0.6) is 0 Å². The molecule has 0 saturated carbocycles. The molecule has 0 bridgehead atoms. The lowest BCUT2D eigenvalue weighted by Gasteiger charge is -2.13. The van der Waals surface area contributed by atoms with Crippen LogP contribution in [0.15, 0.2) is 23.2 Å². The maximum absolute atomic E-state index is 4.64. The van der Waals surface area contributed by atoms with E-state index in [1.165, 1.54) is 16.7 Å². The second-order valence-electron chi connectivity index (χ2n) is 5.40. The lowest BCUT2D eigenvalue weighted by atomic mass is 10.1. The van der Waals surface area contributed by atoms with E-state index in [4.69, 9.17) is 0 Å². The highest BCUT2D eigenvalue weighted by molar-refractivity contribution is 14.0. The van der Waals surface area contributed by atoms with Crippen LogP contribution in [0.3, 0.4) is 0 Å². The van der Waals surface area contributed by atoms with Gasteiger partial charge in [0.2, 0.25) is 0 Å². The molecule has 3 nitrogen and oxygen atoms in total. The predicted molar refractivity (Wildman–Crippen MR) is 99.0 cm³/mol. The summed E-state index contributed by atoms with van der Waals surface area (Å²) >= 11 is 0. The van der Waals surface area contributed by atoms with E-state index in [0.29, 0.717) is 5.92 Å². The quantitative estimate of drug-likeness (QED) is 0.458. The summed E-state index contributed by atoms with van der Waals surface area (Å²) in [6.45, 7) is 13.3. The summed E-state index contributed by atoms with van der Waals surface area (Å²) < 4.78 is 0. The smallest absolute Gasteiger partial charge is 0.191 e. The molecule has 114 valence electrons. The van der Waals surface area contributed by atoms with Crippen LogP contribution < -0.4 is 10.6 Å². The predicted octanol–water partition coefficient (Wildman–Crippen LogP) is 3.63. The molecule has 0 fully saturated rings. The largest absolute Gasteiger partial charge is 0.357 e. The normalized spacial score (nSPS) is 11.2. The van der Waals surface area contributed by atoms with Crippen molar-refractivity contribution >= 4 is 29.9 Å². The molecular weight excluding hydrogens is 361 g/mol. The van der Waals surface area contributed by atoms with E-state index in [-0.39, 0.29) is 24.0 Å². The Morgan fingerprint density at radius 2 is 1.90 bits per heavy atom. The molecule has 0 aromatic heterocycles. The standard InChI is InChI=1S/C16H27N3.HI/c1-6-17-16(18-10-12(2)3)19-11-15-8-7-13(4)9-14(15)5;/h7-9,12H,6,10-11H2,1-5H3,(H2,17,18,19);1H. The minimum atomic E-state index is 0. The first kappa shape index (κ1) is 19.2. The molecule has 0 amide bonds. The molecule has 0 aliphatic carbocycles. The molecule has 1 aromatic carbocycles. The van der Waals surface area contributed by atoms with Crippen LogP contribution in [-0.2, 0) is 6.54 Å². The average molecular weight is 389 g/mol. The number of hydrogen-bond donors (Lipinski definition) is 2. The topological polar surface area (TPSA) is 36.4 Å². The second kappa shape index (κ2) is 10.0. The molecule has 0 spiro atoms. The van der Waals surface area contributed by atoms with Crippen molar-refractivity contribution in [1.82, 2.24) is 10.6 Å². The Morgan fingerprint density at radius 3 is 2.45 bits per heavy atom. The summed E-state index contributed by atoms with van der Waals surface area (Å²) in [4.78, 5) is 4.64. The van der Waals surface area contributed by atoms with Crippen molar-refractivity contribution in [3.8, 4) is 0 Å². The zero-order chi connectivity index (χ0) is 14.3. The Kier molecular flexibility index (Phi) is 9.63. The summed E-state index contributed by atoms with van der Waals surface area (Å²) in [6, 6.07) is 6.52. The van der Waals surface area contributed by atoms with Crippen molar-refractivity contribution < 1.29 is 0 Å². The van der Waals surface area contributed by atoms with E-state index in [2.05, 4.69) is 68.4 Å². The summed E-state index contributed by atoms with van der Waals surface area (Å²) in [5.41, 5.74) is 3.89. The van der Waals surface area contributed by atoms with Crippen LogP contribution in [-0.4, -0.2) is 19.0 Å². The lowest BCUT2D eigenvalue weighted by Crippen LogP contribution is -2.39. The number of benzene rings is 1. The first-order chi connectivity index (χ1) is 9.02. The Bertz CT molecular complexity index is 428. The third kappa shape index (κ3) is 7.12. The number of aryl methyl sites for hydroxylation is 2. The number of rotatable bonds is 5. The maximum atomic E-state index is 4.64. The van der Waals surface area contributed by atoms with Crippen molar-refractivity contribution in [3.05, 3.63) is 34.9 Å². The summed E-state index contributed by atoms with van der Waals surface area (Å²) in [6.07, 6.45) is 0. The zero-order valence-electron chi connectivity index (χ0n) is 13.3. The Labute approximate surface area is 140 Å². The van der Waals surface area contributed by atoms with Gasteiger partial charge in [0, 0.05) is 13.1 Å². The van der Waals surface area contributed by atoms with Gasteiger partial charge in [0.15, 0.2) is 5.96 Å². The Hall–Kier alpha value is -0.780. The fourth-order valence-corrected chi connectivity index (χ4v) is 1.83. The van der Waals surface area contributed by atoms with Crippen LogP contribution in [0, 0.1) is 19.8 Å². The summed E-state index contributed by atoms with van der Waals surface area (Å²) in [7, 11) is 0. The molecule has 0 radical (unpaired) electrons. The van der Waals surface area contributed by atoms with Crippen molar-refractivity contribution in [2.24, 2.45) is 10.9 Å². The number of nitrogens with zero attached hydrogens (tertiary/aromatic N) is 1. The van der Waals surface area contributed by atoms with Gasteiger partial charge in [-0.25, -0.2) is 4.99 Å². The zero-order valence-corrected chi connectivity index (χ0v) is 15.6. The van der Waals surface area contributed by atoms with Gasteiger partial charge in [-0.05, 0) is 37.8 Å². The molecule has 1 aromatic rings. The summed E-state index contributed by atoms with van der Waals surface area (Å²) in [5, 5.41) is 6.64. The van der Waals surface area contributed by atoms with E-state index in [0.717, 1.165) is 25.6 Å². The van der Waals surface area contributed by atoms with Gasteiger partial charge < -0.3 is 10.6 Å². The fraction of sp³-hybridized carbons (Fsp3) is 0.562.